The van der Waals surface area contributed by atoms with Gasteiger partial charge in [-0.05, 0) is 66.5 Å². The van der Waals surface area contributed by atoms with Crippen molar-refractivity contribution in [2.45, 2.75) is 33.2 Å². The molecule has 1 heterocycles. The van der Waals surface area contributed by atoms with Crippen LogP contribution in [0.4, 0.5) is 4.39 Å². The quantitative estimate of drug-likeness (QED) is 0.616. The lowest BCUT2D eigenvalue weighted by Gasteiger charge is -2.19. The van der Waals surface area contributed by atoms with Crippen LogP contribution in [0.3, 0.4) is 0 Å². The van der Waals surface area contributed by atoms with Crippen LogP contribution in [0.5, 0.6) is 0 Å². The van der Waals surface area contributed by atoms with Gasteiger partial charge in [-0.25, -0.2) is 4.39 Å². The summed E-state index contributed by atoms with van der Waals surface area (Å²) >= 11 is 11.1. The fraction of sp³-hybridized carbons (Fsp3) is 0.375. The molecule has 1 unspecified atom stereocenters. The highest BCUT2D eigenvalue weighted by Gasteiger charge is 2.21. The van der Waals surface area contributed by atoms with Crippen LogP contribution in [-0.2, 0) is 0 Å². The van der Waals surface area contributed by atoms with Gasteiger partial charge >= 0.3 is 0 Å². The van der Waals surface area contributed by atoms with Gasteiger partial charge in [0.15, 0.2) is 0 Å². The lowest BCUT2D eigenvalue weighted by molar-refractivity contribution is 0.550. The van der Waals surface area contributed by atoms with Crippen LogP contribution in [0.2, 0.25) is 5.02 Å². The topological polar surface area (TPSA) is 12.0 Å². The van der Waals surface area contributed by atoms with E-state index in [9.17, 15) is 4.39 Å². The van der Waals surface area contributed by atoms with E-state index in [1.54, 1.807) is 17.4 Å². The predicted octanol–water partition coefficient (Wildman–Crippen LogP) is 6.01. The molecular formula is C16H18BrClFNS. The minimum Gasteiger partial charge on any atom is -0.306 e. The van der Waals surface area contributed by atoms with Crippen LogP contribution in [0.15, 0.2) is 22.7 Å². The summed E-state index contributed by atoms with van der Waals surface area (Å²) in [5.41, 5.74) is 1.83. The highest BCUT2D eigenvalue weighted by molar-refractivity contribution is 9.10. The first-order chi connectivity index (χ1) is 9.93. The molecule has 2 aromatic rings. The minimum atomic E-state index is -0.247. The average Bonchev–Trinajstić information content (AvgIpc) is 2.75. The minimum absolute atomic E-state index is 0.159. The van der Waals surface area contributed by atoms with Crippen molar-refractivity contribution in [3.8, 4) is 0 Å². The molecule has 1 N–H and O–H groups in total. The molecule has 1 atom stereocenters. The van der Waals surface area contributed by atoms with E-state index in [1.165, 1.54) is 16.5 Å². The van der Waals surface area contributed by atoms with Crippen molar-refractivity contribution in [2.24, 2.45) is 0 Å². The summed E-state index contributed by atoms with van der Waals surface area (Å²) in [6.07, 6.45) is 0.992. The van der Waals surface area contributed by atoms with Crippen molar-refractivity contribution < 1.29 is 4.39 Å². The van der Waals surface area contributed by atoms with Gasteiger partial charge < -0.3 is 5.32 Å². The van der Waals surface area contributed by atoms with E-state index < -0.39 is 0 Å². The summed E-state index contributed by atoms with van der Waals surface area (Å²) in [5, 5.41) is 3.95. The Balaban J connectivity index is 2.47. The number of halogens is 3. The second-order valence-electron chi connectivity index (χ2n) is 5.06. The van der Waals surface area contributed by atoms with Gasteiger partial charge in [-0.3, -0.25) is 0 Å². The van der Waals surface area contributed by atoms with Crippen molar-refractivity contribution in [3.05, 3.63) is 54.4 Å². The molecule has 1 nitrogen and oxygen atoms in total. The fourth-order valence-corrected chi connectivity index (χ4v) is 3.78. The van der Waals surface area contributed by atoms with E-state index in [0.29, 0.717) is 15.1 Å². The number of hydrogen-bond donors (Lipinski definition) is 1. The van der Waals surface area contributed by atoms with Gasteiger partial charge in [-0.15, -0.1) is 11.3 Å². The maximum Gasteiger partial charge on any atom is 0.129 e. The Hall–Kier alpha value is -0.420. The zero-order chi connectivity index (χ0) is 15.6. The zero-order valence-electron chi connectivity index (χ0n) is 12.3. The SMILES string of the molecule is CCCNC(c1cc(C)c(C)s1)c1cc(Cl)c(Br)cc1F. The molecule has 0 bridgehead atoms. The van der Waals surface area contributed by atoms with Gasteiger partial charge in [-0.2, -0.15) is 0 Å². The molecule has 2 rings (SSSR count). The molecule has 114 valence electrons. The molecule has 0 aliphatic heterocycles. The molecule has 1 aromatic carbocycles. The second kappa shape index (κ2) is 7.23. The number of benzene rings is 1. The number of aryl methyl sites for hydroxylation is 2. The first kappa shape index (κ1) is 16.9. The Bertz CT molecular complexity index is 622. The molecule has 0 fully saturated rings. The van der Waals surface area contributed by atoms with Crippen molar-refractivity contribution in [1.29, 1.82) is 0 Å². The van der Waals surface area contributed by atoms with Crippen molar-refractivity contribution in [3.63, 3.8) is 0 Å². The molecule has 0 saturated carbocycles. The number of rotatable bonds is 5. The molecule has 0 saturated heterocycles. The van der Waals surface area contributed by atoms with Gasteiger partial charge in [0.05, 0.1) is 11.1 Å². The summed E-state index contributed by atoms with van der Waals surface area (Å²) in [6.45, 7) is 7.09. The maximum absolute atomic E-state index is 14.4. The zero-order valence-corrected chi connectivity index (χ0v) is 15.4. The Morgan fingerprint density at radius 1 is 1.33 bits per heavy atom. The third-order valence-corrected chi connectivity index (χ3v) is 5.83. The van der Waals surface area contributed by atoms with Gasteiger partial charge in [-0.1, -0.05) is 18.5 Å². The first-order valence-corrected chi connectivity index (χ1v) is 8.87. The van der Waals surface area contributed by atoms with E-state index in [4.69, 9.17) is 11.6 Å². The van der Waals surface area contributed by atoms with E-state index in [0.717, 1.165) is 17.8 Å². The normalized spacial score (nSPS) is 12.7. The summed E-state index contributed by atoms with van der Waals surface area (Å²) in [5.74, 6) is -0.247. The Kier molecular flexibility index (Phi) is 5.83. The van der Waals surface area contributed by atoms with Gasteiger partial charge in [0, 0.05) is 19.8 Å². The van der Waals surface area contributed by atoms with Crippen LogP contribution < -0.4 is 5.32 Å². The van der Waals surface area contributed by atoms with E-state index >= 15 is 0 Å². The molecule has 0 aliphatic rings. The van der Waals surface area contributed by atoms with Crippen LogP contribution >= 0.6 is 38.9 Å². The fourth-order valence-electron chi connectivity index (χ4n) is 2.16. The van der Waals surface area contributed by atoms with Gasteiger partial charge in [0.25, 0.3) is 0 Å². The lowest BCUT2D eigenvalue weighted by Crippen LogP contribution is -2.23. The monoisotopic (exact) mass is 389 g/mol. The second-order valence-corrected chi connectivity index (χ2v) is 7.61. The smallest absolute Gasteiger partial charge is 0.129 e. The highest BCUT2D eigenvalue weighted by Crippen LogP contribution is 2.35. The van der Waals surface area contributed by atoms with Gasteiger partial charge in [0.1, 0.15) is 5.82 Å². The molecular weight excluding hydrogens is 373 g/mol. The Morgan fingerprint density at radius 2 is 2.05 bits per heavy atom. The number of hydrogen-bond acceptors (Lipinski definition) is 2. The third-order valence-electron chi connectivity index (χ3n) is 3.42. The Morgan fingerprint density at radius 3 is 2.62 bits per heavy atom. The highest BCUT2D eigenvalue weighted by atomic mass is 79.9. The number of thiophene rings is 1. The van der Waals surface area contributed by atoms with Crippen LogP contribution in [0.1, 0.15) is 40.3 Å². The summed E-state index contributed by atoms with van der Waals surface area (Å²) in [4.78, 5) is 2.38. The standard InChI is InChI=1S/C16H18BrClFNS/c1-4-5-20-16(15-6-9(2)10(3)21-15)11-7-13(18)12(17)8-14(11)19/h6-8,16,20H,4-5H2,1-3H3. The first-order valence-electron chi connectivity index (χ1n) is 6.88. The van der Waals surface area contributed by atoms with Crippen molar-refractivity contribution in [1.82, 2.24) is 5.32 Å². The van der Waals surface area contributed by atoms with Crippen molar-refractivity contribution >= 4 is 38.9 Å². The molecule has 0 aliphatic carbocycles. The van der Waals surface area contributed by atoms with E-state index in [1.807, 2.05) is 0 Å². The molecule has 0 amide bonds. The summed E-state index contributed by atoms with van der Waals surface area (Å²) < 4.78 is 15.0. The Labute approximate surface area is 142 Å². The average molecular weight is 391 g/mol. The molecule has 21 heavy (non-hydrogen) atoms. The lowest BCUT2D eigenvalue weighted by atomic mass is 10.0. The molecule has 5 heteroatoms. The summed E-state index contributed by atoms with van der Waals surface area (Å²) in [7, 11) is 0. The maximum atomic E-state index is 14.4. The van der Waals surface area contributed by atoms with E-state index in [-0.39, 0.29) is 11.9 Å². The number of nitrogens with one attached hydrogen (secondary N) is 1. The van der Waals surface area contributed by atoms with Crippen LogP contribution in [0, 0.1) is 19.7 Å². The molecule has 1 aromatic heterocycles. The summed E-state index contributed by atoms with van der Waals surface area (Å²) in [6, 6.07) is 5.11. The van der Waals surface area contributed by atoms with Crippen LogP contribution in [0.25, 0.3) is 0 Å². The van der Waals surface area contributed by atoms with E-state index in [2.05, 4.69) is 48.1 Å². The van der Waals surface area contributed by atoms with Crippen LogP contribution in [-0.4, -0.2) is 6.54 Å². The molecule has 0 spiro atoms. The van der Waals surface area contributed by atoms with Crippen molar-refractivity contribution in [2.75, 3.05) is 6.54 Å². The van der Waals surface area contributed by atoms with Gasteiger partial charge in [0.2, 0.25) is 0 Å². The molecule has 0 radical (unpaired) electrons. The predicted molar refractivity (Wildman–Crippen MR) is 93.0 cm³/mol. The largest absolute Gasteiger partial charge is 0.306 e. The third kappa shape index (κ3) is 3.86.